The van der Waals surface area contributed by atoms with Gasteiger partial charge in [-0.15, -0.1) is 11.3 Å². The van der Waals surface area contributed by atoms with Crippen molar-refractivity contribution in [1.82, 2.24) is 4.98 Å². The highest BCUT2D eigenvalue weighted by atomic mass is 79.9. The second-order valence-corrected chi connectivity index (χ2v) is 9.14. The number of rotatable bonds is 4. The van der Waals surface area contributed by atoms with E-state index in [1.54, 1.807) is 0 Å². The number of nitrogens with zero attached hydrogens (tertiary/aromatic N) is 2. The Morgan fingerprint density at radius 3 is 2.76 bits per heavy atom. The van der Waals surface area contributed by atoms with Crippen molar-refractivity contribution < 1.29 is 4.74 Å². The Bertz CT molecular complexity index is 752. The Hall–Kier alpha value is -0.910. The first-order valence-electron chi connectivity index (χ1n) is 9.32. The van der Waals surface area contributed by atoms with Crippen LogP contribution in [0.2, 0.25) is 0 Å². The third-order valence-electron chi connectivity index (χ3n) is 4.99. The van der Waals surface area contributed by atoms with E-state index in [1.807, 2.05) is 11.3 Å². The second kappa shape index (κ2) is 7.37. The monoisotopic (exact) mass is 420 g/mol. The predicted octanol–water partition coefficient (Wildman–Crippen LogP) is 5.98. The van der Waals surface area contributed by atoms with Gasteiger partial charge in [-0.2, -0.15) is 0 Å². The highest BCUT2D eigenvalue weighted by Gasteiger charge is 2.27. The van der Waals surface area contributed by atoms with Crippen LogP contribution in [0.1, 0.15) is 56.2 Å². The molecule has 1 aliphatic carbocycles. The number of hydrogen-bond acceptors (Lipinski definition) is 4. The average molecular weight is 421 g/mol. The summed E-state index contributed by atoms with van der Waals surface area (Å²) in [5, 5.41) is 1.11. The normalized spacial score (nSPS) is 20.3. The lowest BCUT2D eigenvalue weighted by Gasteiger charge is -2.23. The zero-order valence-corrected chi connectivity index (χ0v) is 17.3. The van der Waals surface area contributed by atoms with Gasteiger partial charge in [0.15, 0.2) is 0 Å². The zero-order valence-electron chi connectivity index (χ0n) is 14.9. The molecule has 1 aliphatic heterocycles. The molecule has 0 radical (unpaired) electrons. The number of fused-ring (bicyclic) bond motifs is 1. The van der Waals surface area contributed by atoms with Gasteiger partial charge < -0.3 is 9.64 Å². The molecule has 0 saturated carbocycles. The maximum Gasteiger partial charge on any atom is 0.125 e. The number of aromatic nitrogens is 1. The molecule has 2 heterocycles. The van der Waals surface area contributed by atoms with Crippen LogP contribution >= 0.6 is 27.3 Å². The van der Waals surface area contributed by atoms with Crippen LogP contribution in [0.15, 0.2) is 22.7 Å². The largest absolute Gasteiger partial charge is 0.372 e. The molecule has 0 amide bonds. The van der Waals surface area contributed by atoms with Gasteiger partial charge in [-0.05, 0) is 80.1 Å². The summed E-state index contributed by atoms with van der Waals surface area (Å²) >= 11 is 5.60. The molecular weight excluding hydrogens is 396 g/mol. The molecule has 1 atom stereocenters. The number of anilines is 1. The highest BCUT2D eigenvalue weighted by molar-refractivity contribution is 9.10. The Morgan fingerprint density at radius 1 is 1.24 bits per heavy atom. The van der Waals surface area contributed by atoms with Gasteiger partial charge in [-0.3, -0.25) is 0 Å². The minimum Gasteiger partial charge on any atom is -0.372 e. The quantitative estimate of drug-likeness (QED) is 0.608. The van der Waals surface area contributed by atoms with Crippen LogP contribution < -0.4 is 4.90 Å². The smallest absolute Gasteiger partial charge is 0.125 e. The first kappa shape index (κ1) is 17.5. The third kappa shape index (κ3) is 3.64. The fourth-order valence-corrected chi connectivity index (χ4v) is 5.71. The van der Waals surface area contributed by atoms with Crippen molar-refractivity contribution in [1.29, 1.82) is 0 Å². The molecule has 1 unspecified atom stereocenters. The van der Waals surface area contributed by atoms with Crippen molar-refractivity contribution in [3.8, 4) is 10.6 Å². The van der Waals surface area contributed by atoms with E-state index >= 15 is 0 Å². The lowest BCUT2D eigenvalue weighted by molar-refractivity contribution is -0.000975. The van der Waals surface area contributed by atoms with Crippen LogP contribution in [0.3, 0.4) is 0 Å². The van der Waals surface area contributed by atoms with Crippen molar-refractivity contribution >= 4 is 33.0 Å². The molecule has 2 aromatic rings. The topological polar surface area (TPSA) is 25.4 Å². The molecule has 0 bridgehead atoms. The molecule has 1 saturated heterocycles. The fraction of sp³-hybridized carbons (Fsp3) is 0.550. The van der Waals surface area contributed by atoms with Crippen LogP contribution in [0, 0.1) is 0 Å². The van der Waals surface area contributed by atoms with Gasteiger partial charge in [0.25, 0.3) is 0 Å². The van der Waals surface area contributed by atoms with Gasteiger partial charge in [-0.25, -0.2) is 4.98 Å². The number of halogens is 1. The molecule has 2 aliphatic rings. The summed E-state index contributed by atoms with van der Waals surface area (Å²) in [5.41, 5.74) is 3.76. The van der Waals surface area contributed by atoms with E-state index in [2.05, 4.69) is 52.9 Å². The van der Waals surface area contributed by atoms with E-state index in [4.69, 9.17) is 9.72 Å². The van der Waals surface area contributed by atoms with Crippen LogP contribution in [0.4, 0.5) is 5.69 Å². The SMILES string of the molecule is CC(C)OC1CCCc2nc(-c3ccc(N4CCCC4)cc3Br)sc21. The first-order chi connectivity index (χ1) is 12.1. The maximum absolute atomic E-state index is 6.14. The minimum absolute atomic E-state index is 0.220. The summed E-state index contributed by atoms with van der Waals surface area (Å²) in [4.78, 5) is 8.77. The van der Waals surface area contributed by atoms with Crippen molar-refractivity contribution in [2.75, 3.05) is 18.0 Å². The van der Waals surface area contributed by atoms with Crippen LogP contribution in [0.25, 0.3) is 10.6 Å². The summed E-state index contributed by atoms with van der Waals surface area (Å²) in [6.07, 6.45) is 6.44. The van der Waals surface area contributed by atoms with E-state index in [0.717, 1.165) is 22.3 Å². The van der Waals surface area contributed by atoms with Gasteiger partial charge >= 0.3 is 0 Å². The number of aryl methyl sites for hydroxylation is 1. The minimum atomic E-state index is 0.220. The maximum atomic E-state index is 6.14. The molecule has 3 nitrogen and oxygen atoms in total. The van der Waals surface area contributed by atoms with Crippen LogP contribution in [-0.4, -0.2) is 24.2 Å². The molecule has 0 N–H and O–H groups in total. The lowest BCUT2D eigenvalue weighted by Crippen LogP contribution is -2.17. The Morgan fingerprint density at radius 2 is 2.04 bits per heavy atom. The van der Waals surface area contributed by atoms with Crippen molar-refractivity contribution in [3.63, 3.8) is 0 Å². The number of benzene rings is 1. The Kier molecular flexibility index (Phi) is 5.16. The van der Waals surface area contributed by atoms with Crippen LogP contribution in [0.5, 0.6) is 0 Å². The van der Waals surface area contributed by atoms with Gasteiger partial charge in [0.1, 0.15) is 5.01 Å². The van der Waals surface area contributed by atoms with Crippen LogP contribution in [-0.2, 0) is 11.2 Å². The molecule has 134 valence electrons. The van der Waals surface area contributed by atoms with E-state index in [0.29, 0.717) is 0 Å². The fourth-order valence-electron chi connectivity index (χ4n) is 3.80. The number of ether oxygens (including phenoxy) is 1. The molecular formula is C20H25BrN2OS. The molecule has 1 aromatic carbocycles. The van der Waals surface area contributed by atoms with Gasteiger partial charge in [-0.1, -0.05) is 0 Å². The highest BCUT2D eigenvalue weighted by Crippen LogP contribution is 2.42. The predicted molar refractivity (Wildman–Crippen MR) is 109 cm³/mol. The Labute approximate surface area is 162 Å². The van der Waals surface area contributed by atoms with E-state index in [-0.39, 0.29) is 12.2 Å². The van der Waals surface area contributed by atoms with E-state index in [1.165, 1.54) is 54.2 Å². The van der Waals surface area contributed by atoms with Crippen molar-refractivity contribution in [3.05, 3.63) is 33.2 Å². The summed E-state index contributed by atoms with van der Waals surface area (Å²) in [7, 11) is 0. The van der Waals surface area contributed by atoms with Crippen molar-refractivity contribution in [2.45, 2.75) is 58.2 Å². The molecule has 4 rings (SSSR count). The van der Waals surface area contributed by atoms with E-state index < -0.39 is 0 Å². The summed E-state index contributed by atoms with van der Waals surface area (Å²) < 4.78 is 7.28. The average Bonchev–Trinajstić information content (AvgIpc) is 3.24. The van der Waals surface area contributed by atoms with E-state index in [9.17, 15) is 0 Å². The first-order valence-corrected chi connectivity index (χ1v) is 10.9. The zero-order chi connectivity index (χ0) is 17.4. The van der Waals surface area contributed by atoms with Gasteiger partial charge in [0.05, 0.1) is 22.8 Å². The van der Waals surface area contributed by atoms with Gasteiger partial charge in [0.2, 0.25) is 0 Å². The molecule has 0 spiro atoms. The summed E-state index contributed by atoms with van der Waals surface area (Å²) in [5.74, 6) is 0. The number of hydrogen-bond donors (Lipinski definition) is 0. The lowest BCUT2D eigenvalue weighted by atomic mass is 10.00. The summed E-state index contributed by atoms with van der Waals surface area (Å²) in [6.45, 7) is 6.57. The standard InChI is InChI=1S/C20H25BrN2OS/c1-13(2)24-18-7-5-6-17-19(18)25-20(22-17)15-9-8-14(12-16(15)21)23-10-3-4-11-23/h8-9,12-13,18H,3-7,10-11H2,1-2H3. The number of thiazole rings is 1. The molecule has 25 heavy (non-hydrogen) atoms. The van der Waals surface area contributed by atoms with Crippen molar-refractivity contribution in [2.24, 2.45) is 0 Å². The molecule has 1 fully saturated rings. The molecule has 1 aromatic heterocycles. The Balaban J connectivity index is 1.63. The summed E-state index contributed by atoms with van der Waals surface area (Å²) in [6, 6.07) is 6.72. The third-order valence-corrected chi connectivity index (χ3v) is 6.87. The molecule has 5 heteroatoms. The second-order valence-electron chi connectivity index (χ2n) is 7.25. The van der Waals surface area contributed by atoms with Gasteiger partial charge in [0, 0.05) is 28.8 Å².